The maximum atomic E-state index is 12.0. The number of anilines is 1. The lowest BCUT2D eigenvalue weighted by Gasteiger charge is -2.24. The molecule has 2 amide bonds. The van der Waals surface area contributed by atoms with Crippen molar-refractivity contribution in [3.63, 3.8) is 0 Å². The zero-order chi connectivity index (χ0) is 15.5. The number of ether oxygens (including phenoxy) is 1. The van der Waals surface area contributed by atoms with Crippen molar-refractivity contribution in [3.05, 3.63) is 23.0 Å². The third-order valence-corrected chi connectivity index (χ3v) is 2.49. The quantitative estimate of drug-likeness (QED) is 0.852. The second-order valence-corrected chi connectivity index (χ2v) is 5.54. The zero-order valence-electron chi connectivity index (χ0n) is 12.2. The fourth-order valence-electron chi connectivity index (χ4n) is 1.36. The van der Waals surface area contributed by atoms with Gasteiger partial charge in [-0.25, -0.2) is 9.78 Å². The van der Waals surface area contributed by atoms with E-state index in [-0.39, 0.29) is 16.8 Å². The van der Waals surface area contributed by atoms with Crippen LogP contribution in [0.15, 0.2) is 12.1 Å². The molecule has 0 radical (unpaired) electrons. The Bertz CT molecular complexity index is 526. The monoisotopic (exact) mass is 299 g/mol. The number of carbonyl (C=O) groups is 2. The van der Waals surface area contributed by atoms with E-state index in [1.54, 1.807) is 20.8 Å². The van der Waals surface area contributed by atoms with E-state index in [9.17, 15) is 9.59 Å². The summed E-state index contributed by atoms with van der Waals surface area (Å²) in [4.78, 5) is 28.7. The maximum Gasteiger partial charge on any atom is 0.414 e. The fourth-order valence-corrected chi connectivity index (χ4v) is 1.56. The number of aromatic nitrogens is 1. The maximum absolute atomic E-state index is 12.0. The van der Waals surface area contributed by atoms with Crippen LogP contribution < -0.4 is 10.2 Å². The minimum Gasteiger partial charge on any atom is -0.443 e. The van der Waals surface area contributed by atoms with Crippen LogP contribution in [0.1, 0.15) is 31.3 Å². The summed E-state index contributed by atoms with van der Waals surface area (Å²) in [5, 5.41) is 2.57. The Labute approximate surface area is 123 Å². The first-order valence-electron chi connectivity index (χ1n) is 6.00. The van der Waals surface area contributed by atoms with Gasteiger partial charge in [0.05, 0.1) is 5.69 Å². The number of hydrogen-bond acceptors (Lipinski definition) is 4. The molecule has 0 bridgehead atoms. The topological polar surface area (TPSA) is 71.5 Å². The van der Waals surface area contributed by atoms with Crippen LogP contribution in [0.5, 0.6) is 0 Å². The summed E-state index contributed by atoms with van der Waals surface area (Å²) in [7, 11) is 3.02. The number of amides is 2. The molecule has 0 saturated carbocycles. The molecule has 110 valence electrons. The normalized spacial score (nSPS) is 10.9. The van der Waals surface area contributed by atoms with Crippen LogP contribution in [0, 0.1) is 0 Å². The van der Waals surface area contributed by atoms with Gasteiger partial charge in [-0.05, 0) is 32.9 Å². The lowest BCUT2D eigenvalue weighted by molar-refractivity contribution is 0.0589. The van der Waals surface area contributed by atoms with E-state index in [0.717, 1.165) is 0 Å². The molecule has 1 heterocycles. The van der Waals surface area contributed by atoms with Crippen molar-refractivity contribution < 1.29 is 14.3 Å². The summed E-state index contributed by atoms with van der Waals surface area (Å²) in [6, 6.07) is 2.95. The van der Waals surface area contributed by atoms with Gasteiger partial charge in [0.2, 0.25) is 0 Å². The highest BCUT2D eigenvalue weighted by molar-refractivity contribution is 6.30. The van der Waals surface area contributed by atoms with E-state index < -0.39 is 11.7 Å². The minimum atomic E-state index is -0.605. The summed E-state index contributed by atoms with van der Waals surface area (Å²) in [5.41, 5.74) is -0.0468. The van der Waals surface area contributed by atoms with E-state index in [0.29, 0.717) is 5.69 Å². The Balaban J connectivity index is 3.04. The molecule has 0 spiro atoms. The van der Waals surface area contributed by atoms with E-state index in [4.69, 9.17) is 16.3 Å². The van der Waals surface area contributed by atoms with Gasteiger partial charge in [0.1, 0.15) is 16.4 Å². The van der Waals surface area contributed by atoms with Crippen LogP contribution in [-0.2, 0) is 4.74 Å². The summed E-state index contributed by atoms with van der Waals surface area (Å²) in [6.07, 6.45) is -0.539. The van der Waals surface area contributed by atoms with E-state index in [1.807, 2.05) is 0 Å². The molecular formula is C13H18ClN3O3. The Morgan fingerprint density at radius 3 is 2.45 bits per heavy atom. The van der Waals surface area contributed by atoms with Crippen LogP contribution in [0.4, 0.5) is 10.5 Å². The van der Waals surface area contributed by atoms with Crippen molar-refractivity contribution in [2.24, 2.45) is 0 Å². The molecule has 0 unspecified atom stereocenters. The van der Waals surface area contributed by atoms with Gasteiger partial charge in [0.15, 0.2) is 0 Å². The molecule has 0 fully saturated rings. The number of rotatable bonds is 2. The smallest absolute Gasteiger partial charge is 0.414 e. The van der Waals surface area contributed by atoms with E-state index in [1.165, 1.54) is 31.1 Å². The largest absolute Gasteiger partial charge is 0.443 e. The van der Waals surface area contributed by atoms with Gasteiger partial charge in [-0.2, -0.15) is 0 Å². The Kier molecular flexibility index (Phi) is 4.94. The van der Waals surface area contributed by atoms with Crippen LogP contribution >= 0.6 is 11.6 Å². The summed E-state index contributed by atoms with van der Waals surface area (Å²) in [6.45, 7) is 5.32. The van der Waals surface area contributed by atoms with Gasteiger partial charge in [-0.15, -0.1) is 0 Å². The molecule has 0 saturated heterocycles. The second-order valence-electron chi connectivity index (χ2n) is 5.15. The van der Waals surface area contributed by atoms with Gasteiger partial charge in [0, 0.05) is 14.1 Å². The van der Waals surface area contributed by atoms with Crippen molar-refractivity contribution in [1.82, 2.24) is 10.3 Å². The average molecular weight is 300 g/mol. The average Bonchev–Trinajstić information content (AvgIpc) is 2.34. The number of nitrogens with zero attached hydrogens (tertiary/aromatic N) is 2. The molecule has 7 heteroatoms. The molecule has 0 aliphatic heterocycles. The molecule has 1 aromatic rings. The fraction of sp³-hybridized carbons (Fsp3) is 0.462. The zero-order valence-corrected chi connectivity index (χ0v) is 12.9. The molecule has 0 atom stereocenters. The predicted octanol–water partition coefficient (Wildman–Crippen LogP) is 2.47. The predicted molar refractivity (Wildman–Crippen MR) is 77.3 cm³/mol. The van der Waals surface area contributed by atoms with Crippen LogP contribution in [0.25, 0.3) is 0 Å². The van der Waals surface area contributed by atoms with Gasteiger partial charge < -0.3 is 10.1 Å². The highest BCUT2D eigenvalue weighted by Crippen LogP contribution is 2.21. The standard InChI is InChI=1S/C13H18ClN3O3/c1-13(2,3)20-12(19)17(5)8-6-9(11(18)15-4)16-10(14)7-8/h6-7H,1-5H3,(H,15,18). The van der Waals surface area contributed by atoms with E-state index in [2.05, 4.69) is 10.3 Å². The summed E-state index contributed by atoms with van der Waals surface area (Å²) < 4.78 is 5.24. The number of carbonyl (C=O) groups excluding carboxylic acids is 2. The molecule has 1 N–H and O–H groups in total. The number of halogens is 1. The highest BCUT2D eigenvalue weighted by atomic mass is 35.5. The molecule has 20 heavy (non-hydrogen) atoms. The molecular weight excluding hydrogens is 282 g/mol. The van der Waals surface area contributed by atoms with Gasteiger partial charge in [-0.1, -0.05) is 11.6 Å². The highest BCUT2D eigenvalue weighted by Gasteiger charge is 2.21. The first-order chi connectivity index (χ1) is 9.14. The number of hydrogen-bond donors (Lipinski definition) is 1. The lowest BCUT2D eigenvalue weighted by Crippen LogP contribution is -2.34. The van der Waals surface area contributed by atoms with Gasteiger partial charge >= 0.3 is 6.09 Å². The molecule has 0 aliphatic rings. The Hall–Kier alpha value is -1.82. The van der Waals surface area contributed by atoms with Gasteiger partial charge in [-0.3, -0.25) is 9.69 Å². The van der Waals surface area contributed by atoms with Crippen LogP contribution in [0.2, 0.25) is 5.15 Å². The van der Waals surface area contributed by atoms with Crippen LogP contribution in [-0.4, -0.2) is 36.7 Å². The Morgan fingerprint density at radius 2 is 1.95 bits per heavy atom. The molecule has 0 aromatic carbocycles. The third kappa shape index (κ3) is 4.38. The Morgan fingerprint density at radius 1 is 1.35 bits per heavy atom. The lowest BCUT2D eigenvalue weighted by atomic mass is 10.2. The number of pyridine rings is 1. The van der Waals surface area contributed by atoms with Crippen molar-refractivity contribution in [2.75, 3.05) is 19.0 Å². The number of nitrogens with one attached hydrogen (secondary N) is 1. The van der Waals surface area contributed by atoms with Crippen molar-refractivity contribution in [2.45, 2.75) is 26.4 Å². The van der Waals surface area contributed by atoms with E-state index >= 15 is 0 Å². The van der Waals surface area contributed by atoms with Crippen molar-refractivity contribution in [1.29, 1.82) is 0 Å². The van der Waals surface area contributed by atoms with Gasteiger partial charge in [0.25, 0.3) is 5.91 Å². The summed E-state index contributed by atoms with van der Waals surface area (Å²) >= 11 is 5.86. The SMILES string of the molecule is CNC(=O)c1cc(N(C)C(=O)OC(C)(C)C)cc(Cl)n1. The van der Waals surface area contributed by atoms with Crippen LogP contribution in [0.3, 0.4) is 0 Å². The third-order valence-electron chi connectivity index (χ3n) is 2.29. The second kappa shape index (κ2) is 6.09. The molecule has 1 aromatic heterocycles. The van der Waals surface area contributed by atoms with Crippen molar-refractivity contribution >= 4 is 29.3 Å². The molecule has 1 rings (SSSR count). The molecule has 0 aliphatic carbocycles. The van der Waals surface area contributed by atoms with Crippen molar-refractivity contribution in [3.8, 4) is 0 Å². The minimum absolute atomic E-state index is 0.122. The molecule has 6 nitrogen and oxygen atoms in total. The first-order valence-corrected chi connectivity index (χ1v) is 6.38. The first kappa shape index (κ1) is 16.2. The summed E-state index contributed by atoms with van der Waals surface area (Å²) in [5.74, 6) is -0.383.